The largest absolute Gasteiger partial charge is 0.448 e. The van der Waals surface area contributed by atoms with Crippen molar-refractivity contribution in [2.45, 2.75) is 19.1 Å². The van der Waals surface area contributed by atoms with Gasteiger partial charge in [-0.05, 0) is 23.8 Å². The molecule has 1 aliphatic rings. The molecule has 130 valence electrons. The molecule has 0 fully saturated rings. The smallest absolute Gasteiger partial charge is 0.339 e. The lowest BCUT2D eigenvalue weighted by molar-refractivity contribution is -0.130. The summed E-state index contributed by atoms with van der Waals surface area (Å²) in [5.74, 6) is -0.155. The van der Waals surface area contributed by atoms with Crippen LogP contribution in [0, 0.1) is 0 Å². The third-order valence-corrected chi connectivity index (χ3v) is 4.23. The van der Waals surface area contributed by atoms with Gasteiger partial charge in [-0.1, -0.05) is 24.3 Å². The van der Waals surface area contributed by atoms with E-state index in [0.29, 0.717) is 17.8 Å². The molecular weight excluding hydrogens is 332 g/mol. The standard InChI is InChI=1S/C19H16N4O3/c24-18(16-11-13-5-1-2-7-15(13)19(25)26-16)21-12-14-6-3-8-20-17(14)23-10-4-9-22-23/h1-10,16H,11-12H2,(H,21,24)/t16-/m1/s1. The summed E-state index contributed by atoms with van der Waals surface area (Å²) in [6, 6.07) is 12.6. The maximum atomic E-state index is 12.5. The molecule has 26 heavy (non-hydrogen) atoms. The van der Waals surface area contributed by atoms with Crippen molar-refractivity contribution in [2.75, 3.05) is 0 Å². The van der Waals surface area contributed by atoms with Crippen molar-refractivity contribution < 1.29 is 14.3 Å². The first-order valence-corrected chi connectivity index (χ1v) is 8.23. The van der Waals surface area contributed by atoms with Crippen LogP contribution in [-0.4, -0.2) is 32.7 Å². The van der Waals surface area contributed by atoms with Crippen LogP contribution in [-0.2, 0) is 22.5 Å². The number of amides is 1. The van der Waals surface area contributed by atoms with E-state index in [-0.39, 0.29) is 12.5 Å². The number of ether oxygens (including phenoxy) is 1. The summed E-state index contributed by atoms with van der Waals surface area (Å²) in [5.41, 5.74) is 2.15. The van der Waals surface area contributed by atoms with Crippen molar-refractivity contribution in [1.82, 2.24) is 20.1 Å². The number of carbonyl (C=O) groups is 2. The van der Waals surface area contributed by atoms with Gasteiger partial charge in [-0.2, -0.15) is 5.10 Å². The third-order valence-electron chi connectivity index (χ3n) is 4.23. The summed E-state index contributed by atoms with van der Waals surface area (Å²) in [6.07, 6.45) is 4.65. The Morgan fingerprint density at radius 2 is 2.08 bits per heavy atom. The minimum atomic E-state index is -0.831. The molecule has 1 atom stereocenters. The second-order valence-corrected chi connectivity index (χ2v) is 5.91. The lowest BCUT2D eigenvalue weighted by atomic mass is 9.98. The SMILES string of the molecule is O=C1O[C@@H](C(=O)NCc2cccnc2-n2cccn2)Cc2ccccc21. The Morgan fingerprint density at radius 1 is 1.19 bits per heavy atom. The third kappa shape index (κ3) is 3.06. The molecule has 0 bridgehead atoms. The molecule has 0 aliphatic carbocycles. The topological polar surface area (TPSA) is 86.1 Å². The van der Waals surface area contributed by atoms with Gasteiger partial charge in [-0.15, -0.1) is 0 Å². The average molecular weight is 348 g/mol. The molecule has 4 rings (SSSR count). The van der Waals surface area contributed by atoms with Gasteiger partial charge in [0.25, 0.3) is 5.91 Å². The first-order chi connectivity index (χ1) is 12.7. The summed E-state index contributed by atoms with van der Waals surface area (Å²) in [7, 11) is 0. The van der Waals surface area contributed by atoms with E-state index in [2.05, 4.69) is 15.4 Å². The highest BCUT2D eigenvalue weighted by Crippen LogP contribution is 2.20. The van der Waals surface area contributed by atoms with E-state index in [0.717, 1.165) is 11.1 Å². The highest BCUT2D eigenvalue weighted by Gasteiger charge is 2.30. The first-order valence-electron chi connectivity index (χ1n) is 8.23. The molecule has 0 radical (unpaired) electrons. The van der Waals surface area contributed by atoms with Gasteiger partial charge >= 0.3 is 5.97 Å². The van der Waals surface area contributed by atoms with E-state index in [1.54, 1.807) is 47.5 Å². The van der Waals surface area contributed by atoms with Gasteiger partial charge in [0.15, 0.2) is 11.9 Å². The number of esters is 1. The number of hydrogen-bond acceptors (Lipinski definition) is 5. The maximum absolute atomic E-state index is 12.5. The molecule has 0 saturated heterocycles. The first kappa shape index (κ1) is 16.0. The van der Waals surface area contributed by atoms with Gasteiger partial charge in [0.2, 0.25) is 0 Å². The van der Waals surface area contributed by atoms with Gasteiger partial charge < -0.3 is 10.1 Å². The van der Waals surface area contributed by atoms with Crippen molar-refractivity contribution >= 4 is 11.9 Å². The predicted octanol–water partition coefficient (Wildman–Crippen LogP) is 1.67. The molecule has 3 aromatic rings. The lowest BCUT2D eigenvalue weighted by Crippen LogP contribution is -2.41. The number of benzene rings is 1. The number of rotatable bonds is 4. The Morgan fingerprint density at radius 3 is 2.92 bits per heavy atom. The number of fused-ring (bicyclic) bond motifs is 1. The Balaban J connectivity index is 1.47. The zero-order chi connectivity index (χ0) is 17.9. The van der Waals surface area contributed by atoms with Crippen LogP contribution in [0.4, 0.5) is 0 Å². The molecule has 1 amide bonds. The summed E-state index contributed by atoms with van der Waals surface area (Å²) < 4.78 is 6.92. The Kier molecular flexibility index (Phi) is 4.18. The monoisotopic (exact) mass is 348 g/mol. The molecule has 1 aliphatic heterocycles. The van der Waals surface area contributed by atoms with Gasteiger partial charge in [0.05, 0.1) is 5.56 Å². The molecule has 7 nitrogen and oxygen atoms in total. The van der Waals surface area contributed by atoms with Crippen LogP contribution >= 0.6 is 0 Å². The lowest BCUT2D eigenvalue weighted by Gasteiger charge is -2.23. The Bertz CT molecular complexity index is 953. The molecule has 1 N–H and O–H groups in total. The Labute approximate surface area is 149 Å². The number of hydrogen-bond donors (Lipinski definition) is 1. The predicted molar refractivity (Wildman–Crippen MR) is 92.6 cm³/mol. The summed E-state index contributed by atoms with van der Waals surface area (Å²) in [6.45, 7) is 0.261. The maximum Gasteiger partial charge on any atom is 0.339 e. The van der Waals surface area contributed by atoms with Gasteiger partial charge in [0.1, 0.15) is 0 Å². The number of nitrogens with one attached hydrogen (secondary N) is 1. The highest BCUT2D eigenvalue weighted by atomic mass is 16.5. The van der Waals surface area contributed by atoms with Crippen LogP contribution in [0.25, 0.3) is 5.82 Å². The van der Waals surface area contributed by atoms with Gasteiger partial charge in [-0.25, -0.2) is 14.5 Å². The fourth-order valence-corrected chi connectivity index (χ4v) is 2.94. The molecule has 0 spiro atoms. The van der Waals surface area contributed by atoms with Gasteiger partial charge in [-0.3, -0.25) is 4.79 Å². The second-order valence-electron chi connectivity index (χ2n) is 5.91. The van der Waals surface area contributed by atoms with Crippen LogP contribution in [0.15, 0.2) is 61.1 Å². The molecule has 3 heterocycles. The zero-order valence-corrected chi connectivity index (χ0v) is 13.8. The van der Waals surface area contributed by atoms with Crippen molar-refractivity contribution in [3.63, 3.8) is 0 Å². The zero-order valence-electron chi connectivity index (χ0n) is 13.8. The van der Waals surface area contributed by atoms with Gasteiger partial charge in [0, 0.05) is 37.1 Å². The number of cyclic esters (lactones) is 1. The number of pyridine rings is 1. The number of nitrogens with zero attached hydrogens (tertiary/aromatic N) is 3. The molecular formula is C19H16N4O3. The van der Waals surface area contributed by atoms with Crippen molar-refractivity contribution in [3.05, 3.63) is 77.7 Å². The van der Waals surface area contributed by atoms with E-state index in [9.17, 15) is 9.59 Å². The fourth-order valence-electron chi connectivity index (χ4n) is 2.94. The molecule has 2 aromatic heterocycles. The molecule has 1 aromatic carbocycles. The van der Waals surface area contributed by atoms with Crippen molar-refractivity contribution in [3.8, 4) is 5.82 Å². The Hall–Kier alpha value is -3.48. The van der Waals surface area contributed by atoms with Crippen molar-refractivity contribution in [1.29, 1.82) is 0 Å². The summed E-state index contributed by atoms with van der Waals surface area (Å²) >= 11 is 0. The van der Waals surface area contributed by atoms with E-state index < -0.39 is 12.1 Å². The second kappa shape index (κ2) is 6.79. The highest BCUT2D eigenvalue weighted by molar-refractivity contribution is 5.95. The van der Waals surface area contributed by atoms with Crippen LogP contribution in [0.3, 0.4) is 0 Å². The molecule has 0 unspecified atom stereocenters. The average Bonchev–Trinajstić information content (AvgIpc) is 3.21. The van der Waals surface area contributed by atoms with Crippen LogP contribution in [0.1, 0.15) is 21.5 Å². The van der Waals surface area contributed by atoms with Crippen LogP contribution in [0.5, 0.6) is 0 Å². The number of aromatic nitrogens is 3. The van der Waals surface area contributed by atoms with E-state index >= 15 is 0 Å². The van der Waals surface area contributed by atoms with E-state index in [4.69, 9.17) is 4.74 Å². The summed E-state index contributed by atoms with van der Waals surface area (Å²) in [4.78, 5) is 28.9. The van der Waals surface area contributed by atoms with Crippen LogP contribution in [0.2, 0.25) is 0 Å². The number of carbonyl (C=O) groups excluding carboxylic acids is 2. The summed E-state index contributed by atoms with van der Waals surface area (Å²) in [5, 5.41) is 7.00. The molecule has 0 saturated carbocycles. The quantitative estimate of drug-likeness (QED) is 0.725. The minimum Gasteiger partial charge on any atom is -0.448 e. The van der Waals surface area contributed by atoms with Crippen molar-refractivity contribution in [2.24, 2.45) is 0 Å². The minimum absolute atomic E-state index is 0.261. The molecule has 7 heteroatoms. The van der Waals surface area contributed by atoms with E-state index in [1.165, 1.54) is 0 Å². The fraction of sp³-hybridized carbons (Fsp3) is 0.158. The van der Waals surface area contributed by atoms with E-state index in [1.807, 2.05) is 18.2 Å². The normalized spacial score (nSPS) is 15.8. The van der Waals surface area contributed by atoms with Crippen LogP contribution < -0.4 is 5.32 Å².